The Labute approximate surface area is 124 Å². The van der Waals surface area contributed by atoms with Gasteiger partial charge >= 0.3 is 0 Å². The molecule has 20 heavy (non-hydrogen) atoms. The van der Waals surface area contributed by atoms with Gasteiger partial charge in [0.25, 0.3) is 0 Å². The molecule has 0 aliphatic carbocycles. The minimum Gasteiger partial charge on any atom is -0.368 e. The molecule has 3 amide bonds. The lowest BCUT2D eigenvalue weighted by Gasteiger charge is -2.20. The number of thioether (sulfide) groups is 1. The number of hydrogen-bond acceptors (Lipinski definition) is 5. The third-order valence-electron chi connectivity index (χ3n) is 2.30. The Morgan fingerprint density at radius 3 is 2.30 bits per heavy atom. The largest absolute Gasteiger partial charge is 0.368 e. The van der Waals surface area contributed by atoms with E-state index < -0.39 is 11.9 Å². The van der Waals surface area contributed by atoms with Crippen LogP contribution in [0.1, 0.15) is 13.8 Å². The minimum atomic E-state index is -0.586. The van der Waals surface area contributed by atoms with Gasteiger partial charge in [-0.05, 0) is 0 Å². The van der Waals surface area contributed by atoms with Crippen molar-refractivity contribution in [2.24, 2.45) is 5.73 Å². The van der Waals surface area contributed by atoms with Gasteiger partial charge in [-0.1, -0.05) is 13.8 Å². The van der Waals surface area contributed by atoms with Crippen molar-refractivity contribution < 1.29 is 14.4 Å². The summed E-state index contributed by atoms with van der Waals surface area (Å²) in [7, 11) is 3.37. The molecule has 1 unspecified atom stereocenters. The van der Waals surface area contributed by atoms with Crippen LogP contribution in [0.15, 0.2) is 0 Å². The van der Waals surface area contributed by atoms with E-state index >= 15 is 0 Å². The summed E-state index contributed by atoms with van der Waals surface area (Å²) >= 11 is 1.37. The van der Waals surface area contributed by atoms with Gasteiger partial charge in [-0.15, -0.1) is 11.8 Å². The Hall–Kier alpha value is -1.28. The van der Waals surface area contributed by atoms with E-state index in [1.54, 1.807) is 14.1 Å². The molecular weight excluding hydrogens is 280 g/mol. The van der Waals surface area contributed by atoms with Crippen LogP contribution in [0.25, 0.3) is 0 Å². The van der Waals surface area contributed by atoms with Crippen LogP contribution in [-0.2, 0) is 14.4 Å². The number of nitrogens with zero attached hydrogens (tertiary/aromatic N) is 1. The third-order valence-corrected chi connectivity index (χ3v) is 3.32. The summed E-state index contributed by atoms with van der Waals surface area (Å²) in [6, 6.07) is -0.348. The van der Waals surface area contributed by atoms with E-state index in [4.69, 9.17) is 5.73 Å². The Bertz CT molecular complexity index is 348. The molecule has 0 radical (unpaired) electrons. The molecule has 116 valence electrons. The van der Waals surface area contributed by atoms with E-state index in [1.165, 1.54) is 16.7 Å². The normalized spacial score (nSPS) is 12.1. The molecule has 0 saturated carbocycles. The van der Waals surface area contributed by atoms with Gasteiger partial charge in [-0.25, -0.2) is 0 Å². The number of nitrogens with two attached hydrogens (primary N) is 1. The fourth-order valence-electron chi connectivity index (χ4n) is 1.29. The first-order chi connectivity index (χ1) is 9.23. The summed E-state index contributed by atoms with van der Waals surface area (Å²) in [5, 5.41) is 5.56. The van der Waals surface area contributed by atoms with E-state index in [2.05, 4.69) is 10.6 Å². The number of rotatable bonds is 9. The lowest BCUT2D eigenvalue weighted by atomic mass is 10.2. The fraction of sp³-hybridized carbons (Fsp3) is 0.750. The van der Waals surface area contributed by atoms with Gasteiger partial charge < -0.3 is 21.3 Å². The second-order valence-electron chi connectivity index (χ2n) is 4.86. The maximum atomic E-state index is 11.9. The molecule has 0 fully saturated rings. The van der Waals surface area contributed by atoms with Crippen molar-refractivity contribution in [3.05, 3.63) is 0 Å². The Morgan fingerprint density at radius 1 is 1.25 bits per heavy atom. The second-order valence-corrected chi connectivity index (χ2v) is 5.89. The molecule has 0 rings (SSSR count). The zero-order valence-electron chi connectivity index (χ0n) is 12.4. The van der Waals surface area contributed by atoms with Crippen LogP contribution < -0.4 is 16.4 Å². The standard InChI is InChI=1S/C12H24N4O3S/c1-8(2)15-9(12(19)14-5-10(13)17)6-20-7-11(18)16(3)4/h8-9,15H,5-7H2,1-4H3,(H2,13,17)(H,14,19). The number of nitrogens with one attached hydrogen (secondary N) is 2. The van der Waals surface area contributed by atoms with Crippen LogP contribution >= 0.6 is 11.8 Å². The third kappa shape index (κ3) is 8.76. The lowest BCUT2D eigenvalue weighted by Crippen LogP contribution is -2.50. The molecule has 0 aliphatic rings. The van der Waals surface area contributed by atoms with Crippen LogP contribution in [0.4, 0.5) is 0 Å². The average Bonchev–Trinajstić information content (AvgIpc) is 2.33. The number of carbonyl (C=O) groups excluding carboxylic acids is 3. The van der Waals surface area contributed by atoms with Crippen molar-refractivity contribution >= 4 is 29.5 Å². The van der Waals surface area contributed by atoms with E-state index in [1.807, 2.05) is 13.8 Å². The van der Waals surface area contributed by atoms with Crippen molar-refractivity contribution in [3.8, 4) is 0 Å². The topological polar surface area (TPSA) is 105 Å². The van der Waals surface area contributed by atoms with Gasteiger partial charge in [0.15, 0.2) is 0 Å². The quantitative estimate of drug-likeness (QED) is 0.495. The van der Waals surface area contributed by atoms with Crippen LogP contribution in [-0.4, -0.2) is 66.9 Å². The molecule has 0 spiro atoms. The van der Waals surface area contributed by atoms with Gasteiger partial charge in [0.1, 0.15) is 0 Å². The molecule has 7 nitrogen and oxygen atoms in total. The maximum Gasteiger partial charge on any atom is 0.238 e. The highest BCUT2D eigenvalue weighted by molar-refractivity contribution is 8.00. The van der Waals surface area contributed by atoms with E-state index in [-0.39, 0.29) is 24.4 Å². The summed E-state index contributed by atoms with van der Waals surface area (Å²) in [5.74, 6) is -0.121. The van der Waals surface area contributed by atoms with Crippen molar-refractivity contribution in [2.45, 2.75) is 25.9 Å². The Kier molecular flexibility index (Phi) is 8.98. The molecule has 0 aliphatic heterocycles. The van der Waals surface area contributed by atoms with Gasteiger partial charge in [0.2, 0.25) is 17.7 Å². The zero-order chi connectivity index (χ0) is 15.7. The van der Waals surface area contributed by atoms with Crippen molar-refractivity contribution in [3.63, 3.8) is 0 Å². The highest BCUT2D eigenvalue weighted by Gasteiger charge is 2.20. The van der Waals surface area contributed by atoms with Crippen LogP contribution in [0.5, 0.6) is 0 Å². The highest BCUT2D eigenvalue weighted by Crippen LogP contribution is 2.05. The molecule has 4 N–H and O–H groups in total. The molecule has 0 bridgehead atoms. The van der Waals surface area contributed by atoms with Crippen LogP contribution in [0.3, 0.4) is 0 Å². The minimum absolute atomic E-state index is 0.00385. The molecule has 0 aromatic heterocycles. The molecule has 0 heterocycles. The second kappa shape index (κ2) is 9.60. The Balaban J connectivity index is 4.30. The highest BCUT2D eigenvalue weighted by atomic mass is 32.2. The molecule has 8 heteroatoms. The van der Waals surface area contributed by atoms with Gasteiger partial charge in [0.05, 0.1) is 18.3 Å². The first-order valence-electron chi connectivity index (χ1n) is 6.34. The van der Waals surface area contributed by atoms with Crippen LogP contribution in [0, 0.1) is 0 Å². The zero-order valence-corrected chi connectivity index (χ0v) is 13.3. The predicted octanol–water partition coefficient (Wildman–Crippen LogP) is -1.22. The number of hydrogen-bond donors (Lipinski definition) is 3. The number of carbonyl (C=O) groups is 3. The molecular formula is C12H24N4O3S. The molecule has 0 aromatic carbocycles. The summed E-state index contributed by atoms with van der Waals surface area (Å²) in [4.78, 5) is 35.5. The smallest absolute Gasteiger partial charge is 0.238 e. The summed E-state index contributed by atoms with van der Waals surface area (Å²) in [5.41, 5.74) is 4.99. The molecule has 0 saturated heterocycles. The molecule has 1 atom stereocenters. The Morgan fingerprint density at radius 2 is 1.85 bits per heavy atom. The van der Waals surface area contributed by atoms with Crippen molar-refractivity contribution in [2.75, 3.05) is 32.1 Å². The van der Waals surface area contributed by atoms with Gasteiger partial charge in [0, 0.05) is 25.9 Å². The van der Waals surface area contributed by atoms with E-state index in [9.17, 15) is 14.4 Å². The van der Waals surface area contributed by atoms with Crippen molar-refractivity contribution in [1.29, 1.82) is 0 Å². The summed E-state index contributed by atoms with van der Waals surface area (Å²) in [6.07, 6.45) is 0. The SMILES string of the molecule is CC(C)NC(CSCC(=O)N(C)C)C(=O)NCC(N)=O. The van der Waals surface area contributed by atoms with Crippen molar-refractivity contribution in [1.82, 2.24) is 15.5 Å². The summed E-state index contributed by atoms with van der Waals surface area (Å²) < 4.78 is 0. The van der Waals surface area contributed by atoms with Crippen LogP contribution in [0.2, 0.25) is 0 Å². The van der Waals surface area contributed by atoms with Gasteiger partial charge in [-0.3, -0.25) is 14.4 Å². The first-order valence-corrected chi connectivity index (χ1v) is 7.49. The number of primary amides is 1. The van der Waals surface area contributed by atoms with E-state index in [0.717, 1.165) is 0 Å². The number of amides is 3. The molecule has 0 aromatic rings. The summed E-state index contributed by atoms with van der Waals surface area (Å²) in [6.45, 7) is 3.66. The lowest BCUT2D eigenvalue weighted by molar-refractivity contribution is -0.126. The predicted molar refractivity (Wildman–Crippen MR) is 80.3 cm³/mol. The van der Waals surface area contributed by atoms with Gasteiger partial charge in [-0.2, -0.15) is 0 Å². The average molecular weight is 304 g/mol. The fourth-order valence-corrected chi connectivity index (χ4v) is 2.33. The first kappa shape index (κ1) is 18.7. The maximum absolute atomic E-state index is 11.9. The van der Waals surface area contributed by atoms with E-state index in [0.29, 0.717) is 11.5 Å². The monoisotopic (exact) mass is 304 g/mol.